The Morgan fingerprint density at radius 2 is 2.25 bits per heavy atom. The molecule has 70 valence electrons. The molecule has 2 aliphatic heterocycles. The van der Waals surface area contributed by atoms with Crippen molar-refractivity contribution in [2.24, 2.45) is 11.3 Å². The fraction of sp³-hybridized carbons (Fsp3) is 1.00. The van der Waals surface area contributed by atoms with E-state index in [1.165, 1.54) is 12.8 Å². The lowest BCUT2D eigenvalue weighted by Gasteiger charge is -2.25. The van der Waals surface area contributed by atoms with Gasteiger partial charge in [0.1, 0.15) is 0 Å². The van der Waals surface area contributed by atoms with Crippen LogP contribution in [0.25, 0.3) is 0 Å². The smallest absolute Gasteiger partial charge is 0.0621 e. The van der Waals surface area contributed by atoms with Gasteiger partial charge in [0, 0.05) is 19.7 Å². The molecule has 1 N–H and O–H groups in total. The molecule has 2 heteroatoms. The Morgan fingerprint density at radius 1 is 1.42 bits per heavy atom. The standard InChI is InChI=1S/C10H19NO/c1-10(2)5-9-8(3-4-12-9)6-11-7-10/h8-9,11H,3-7H2,1-2H3/t8-,9+/m1/s1. The van der Waals surface area contributed by atoms with Gasteiger partial charge in [0.15, 0.2) is 0 Å². The average molecular weight is 169 g/mol. The van der Waals surface area contributed by atoms with Crippen molar-refractivity contribution in [3.63, 3.8) is 0 Å². The van der Waals surface area contributed by atoms with E-state index in [0.29, 0.717) is 11.5 Å². The van der Waals surface area contributed by atoms with Crippen molar-refractivity contribution in [2.45, 2.75) is 32.8 Å². The number of ether oxygens (including phenoxy) is 1. The molecule has 2 fully saturated rings. The third-order valence-corrected chi connectivity index (χ3v) is 3.11. The lowest BCUT2D eigenvalue weighted by molar-refractivity contribution is 0.0634. The van der Waals surface area contributed by atoms with Gasteiger partial charge in [0.25, 0.3) is 0 Å². The van der Waals surface area contributed by atoms with Gasteiger partial charge in [-0.15, -0.1) is 0 Å². The van der Waals surface area contributed by atoms with Crippen LogP contribution in [-0.2, 0) is 4.74 Å². The Labute approximate surface area is 74.7 Å². The van der Waals surface area contributed by atoms with Crippen LogP contribution in [0.15, 0.2) is 0 Å². The molecule has 2 atom stereocenters. The van der Waals surface area contributed by atoms with E-state index in [9.17, 15) is 0 Å². The number of fused-ring (bicyclic) bond motifs is 1. The molecule has 0 aromatic heterocycles. The second kappa shape index (κ2) is 3.00. The molecule has 0 aliphatic carbocycles. The van der Waals surface area contributed by atoms with E-state index in [2.05, 4.69) is 19.2 Å². The fourth-order valence-electron chi connectivity index (χ4n) is 2.36. The Bertz CT molecular complexity index is 167. The zero-order valence-electron chi connectivity index (χ0n) is 8.10. The van der Waals surface area contributed by atoms with E-state index in [-0.39, 0.29) is 0 Å². The van der Waals surface area contributed by atoms with Crippen LogP contribution in [0, 0.1) is 11.3 Å². The highest BCUT2D eigenvalue weighted by Crippen LogP contribution is 2.33. The first-order chi connectivity index (χ1) is 5.67. The van der Waals surface area contributed by atoms with Crippen LogP contribution in [0.5, 0.6) is 0 Å². The van der Waals surface area contributed by atoms with Crippen molar-refractivity contribution >= 4 is 0 Å². The van der Waals surface area contributed by atoms with Crippen LogP contribution in [-0.4, -0.2) is 25.8 Å². The summed E-state index contributed by atoms with van der Waals surface area (Å²) in [5.41, 5.74) is 0.420. The largest absolute Gasteiger partial charge is 0.378 e. The van der Waals surface area contributed by atoms with Crippen molar-refractivity contribution in [3.05, 3.63) is 0 Å². The minimum Gasteiger partial charge on any atom is -0.378 e. The minimum absolute atomic E-state index is 0.420. The molecule has 2 rings (SSSR count). The number of rotatable bonds is 0. The first-order valence-electron chi connectivity index (χ1n) is 5.00. The lowest BCUT2D eigenvalue weighted by Crippen LogP contribution is -2.28. The monoisotopic (exact) mass is 169 g/mol. The summed E-state index contributed by atoms with van der Waals surface area (Å²) in [5.74, 6) is 0.784. The van der Waals surface area contributed by atoms with Gasteiger partial charge in [-0.1, -0.05) is 13.8 Å². The zero-order valence-corrected chi connectivity index (χ0v) is 8.10. The molecule has 0 radical (unpaired) electrons. The van der Waals surface area contributed by atoms with Gasteiger partial charge < -0.3 is 10.1 Å². The average Bonchev–Trinajstić information content (AvgIpc) is 2.31. The van der Waals surface area contributed by atoms with Crippen molar-refractivity contribution in [3.8, 4) is 0 Å². The zero-order chi connectivity index (χ0) is 8.60. The number of hydrogen-bond acceptors (Lipinski definition) is 2. The van der Waals surface area contributed by atoms with Crippen LogP contribution in [0.4, 0.5) is 0 Å². The van der Waals surface area contributed by atoms with E-state index in [0.717, 1.165) is 25.6 Å². The third kappa shape index (κ3) is 1.64. The van der Waals surface area contributed by atoms with Crippen LogP contribution >= 0.6 is 0 Å². The SMILES string of the molecule is CC1(C)CNC[C@H]2CCO[C@H]2C1. The fourth-order valence-corrected chi connectivity index (χ4v) is 2.36. The maximum atomic E-state index is 5.73. The maximum Gasteiger partial charge on any atom is 0.0621 e. The summed E-state index contributed by atoms with van der Waals surface area (Å²) in [7, 11) is 0. The summed E-state index contributed by atoms with van der Waals surface area (Å²) in [6.45, 7) is 7.93. The third-order valence-electron chi connectivity index (χ3n) is 3.11. The van der Waals surface area contributed by atoms with Crippen molar-refractivity contribution in [2.75, 3.05) is 19.7 Å². The summed E-state index contributed by atoms with van der Waals surface area (Å²) in [4.78, 5) is 0. The predicted molar refractivity (Wildman–Crippen MR) is 49.1 cm³/mol. The molecule has 2 saturated heterocycles. The molecule has 2 heterocycles. The molecular formula is C10H19NO. The van der Waals surface area contributed by atoms with Crippen LogP contribution < -0.4 is 5.32 Å². The highest BCUT2D eigenvalue weighted by atomic mass is 16.5. The minimum atomic E-state index is 0.420. The molecule has 12 heavy (non-hydrogen) atoms. The van der Waals surface area contributed by atoms with Gasteiger partial charge in [-0.2, -0.15) is 0 Å². The van der Waals surface area contributed by atoms with E-state index in [1.807, 2.05) is 0 Å². The summed E-state index contributed by atoms with van der Waals surface area (Å²) in [6.07, 6.45) is 3.02. The first-order valence-corrected chi connectivity index (χ1v) is 5.00. The number of nitrogens with one attached hydrogen (secondary N) is 1. The Morgan fingerprint density at radius 3 is 3.08 bits per heavy atom. The molecule has 2 nitrogen and oxygen atoms in total. The van der Waals surface area contributed by atoms with E-state index in [4.69, 9.17) is 4.74 Å². The van der Waals surface area contributed by atoms with Gasteiger partial charge in [0.2, 0.25) is 0 Å². The van der Waals surface area contributed by atoms with Gasteiger partial charge >= 0.3 is 0 Å². The molecule has 0 unspecified atom stereocenters. The molecule has 0 amide bonds. The summed E-state index contributed by atoms with van der Waals surface area (Å²) >= 11 is 0. The molecule has 2 aliphatic rings. The van der Waals surface area contributed by atoms with E-state index >= 15 is 0 Å². The van der Waals surface area contributed by atoms with Gasteiger partial charge in [-0.05, 0) is 24.2 Å². The molecular weight excluding hydrogens is 150 g/mol. The maximum absolute atomic E-state index is 5.73. The predicted octanol–water partition coefficient (Wildman–Crippen LogP) is 1.41. The van der Waals surface area contributed by atoms with Crippen LogP contribution in [0.3, 0.4) is 0 Å². The lowest BCUT2D eigenvalue weighted by atomic mass is 9.85. The van der Waals surface area contributed by atoms with Gasteiger partial charge in [-0.25, -0.2) is 0 Å². The molecule has 0 spiro atoms. The molecule has 0 aromatic carbocycles. The Balaban J connectivity index is 2.04. The summed E-state index contributed by atoms with van der Waals surface area (Å²) in [5, 5.41) is 3.53. The second-order valence-electron chi connectivity index (χ2n) is 4.96. The molecule has 0 aromatic rings. The highest BCUT2D eigenvalue weighted by Gasteiger charge is 2.35. The van der Waals surface area contributed by atoms with Crippen molar-refractivity contribution < 1.29 is 4.74 Å². The normalized spacial score (nSPS) is 40.5. The second-order valence-corrected chi connectivity index (χ2v) is 4.96. The Hall–Kier alpha value is -0.0800. The van der Waals surface area contributed by atoms with Gasteiger partial charge in [0.05, 0.1) is 6.10 Å². The van der Waals surface area contributed by atoms with E-state index in [1.54, 1.807) is 0 Å². The van der Waals surface area contributed by atoms with Crippen LogP contribution in [0.2, 0.25) is 0 Å². The van der Waals surface area contributed by atoms with Crippen molar-refractivity contribution in [1.82, 2.24) is 5.32 Å². The van der Waals surface area contributed by atoms with Gasteiger partial charge in [-0.3, -0.25) is 0 Å². The Kier molecular flexibility index (Phi) is 2.13. The summed E-state index contributed by atoms with van der Waals surface area (Å²) < 4.78 is 5.73. The van der Waals surface area contributed by atoms with E-state index < -0.39 is 0 Å². The quantitative estimate of drug-likeness (QED) is 0.592. The van der Waals surface area contributed by atoms with Crippen LogP contribution in [0.1, 0.15) is 26.7 Å². The molecule has 0 bridgehead atoms. The summed E-state index contributed by atoms with van der Waals surface area (Å²) in [6, 6.07) is 0. The van der Waals surface area contributed by atoms with Crippen molar-refractivity contribution in [1.29, 1.82) is 0 Å². The molecule has 0 saturated carbocycles. The number of hydrogen-bond donors (Lipinski definition) is 1. The topological polar surface area (TPSA) is 21.3 Å². The first kappa shape index (κ1) is 8.52. The highest BCUT2D eigenvalue weighted by molar-refractivity contribution is 4.88.